The average Bonchev–Trinajstić information content (AvgIpc) is 2.39. The van der Waals surface area contributed by atoms with Crippen LogP contribution in [-0.4, -0.2) is 20.9 Å². The molecule has 0 saturated heterocycles. The highest BCUT2D eigenvalue weighted by atomic mass is 33.1. The van der Waals surface area contributed by atoms with Gasteiger partial charge in [-0.1, -0.05) is 86.3 Å². The van der Waals surface area contributed by atoms with Gasteiger partial charge in [-0.25, -0.2) is 4.79 Å². The minimum Gasteiger partial charge on any atom is -0.480 e. The molecular weight excluding hydrogens is 308 g/mol. The van der Waals surface area contributed by atoms with Crippen molar-refractivity contribution in [1.29, 1.82) is 0 Å². The number of carbonyl (C=O) groups is 1. The van der Waals surface area contributed by atoms with Gasteiger partial charge in [0.15, 0.2) is 4.08 Å². The van der Waals surface area contributed by atoms with Gasteiger partial charge in [0.2, 0.25) is 0 Å². The third kappa shape index (κ3) is 12.3. The fourth-order valence-corrected chi connectivity index (χ4v) is 4.53. The second-order valence-electron chi connectivity index (χ2n) is 5.38. The Labute approximate surface area is 138 Å². The van der Waals surface area contributed by atoms with Gasteiger partial charge in [-0.05, 0) is 13.3 Å². The molecule has 0 radical (unpaired) electrons. The number of aliphatic carboxylic acids is 1. The van der Waals surface area contributed by atoms with Gasteiger partial charge in [0.1, 0.15) is 0 Å². The zero-order valence-corrected chi connectivity index (χ0v) is 15.4. The van der Waals surface area contributed by atoms with E-state index in [0.717, 1.165) is 5.75 Å². The van der Waals surface area contributed by atoms with E-state index >= 15 is 0 Å². The number of rotatable bonds is 14. The molecule has 5 heteroatoms. The molecule has 0 fully saturated rings. The molecule has 0 aromatic heterocycles. The van der Waals surface area contributed by atoms with Gasteiger partial charge in [0.25, 0.3) is 0 Å². The van der Waals surface area contributed by atoms with Gasteiger partial charge in [-0.15, -0.1) is 12.6 Å². The van der Waals surface area contributed by atoms with Crippen LogP contribution in [-0.2, 0) is 4.79 Å². The summed E-state index contributed by atoms with van der Waals surface area (Å²) in [6.07, 6.45) is 13.4. The quantitative estimate of drug-likeness (QED) is 0.176. The molecule has 2 nitrogen and oxygen atoms in total. The lowest BCUT2D eigenvalue weighted by atomic mass is 10.1. The van der Waals surface area contributed by atoms with E-state index in [9.17, 15) is 4.79 Å². The lowest BCUT2D eigenvalue weighted by Crippen LogP contribution is -2.23. The van der Waals surface area contributed by atoms with Crippen molar-refractivity contribution < 1.29 is 9.90 Å². The topological polar surface area (TPSA) is 37.3 Å². The zero-order chi connectivity index (χ0) is 15.3. The molecule has 0 aliphatic rings. The Kier molecular flexibility index (Phi) is 13.5. The van der Waals surface area contributed by atoms with E-state index in [4.69, 9.17) is 5.11 Å². The minimum atomic E-state index is -0.969. The van der Waals surface area contributed by atoms with Crippen molar-refractivity contribution in [3.63, 3.8) is 0 Å². The van der Waals surface area contributed by atoms with Crippen molar-refractivity contribution in [2.24, 2.45) is 0 Å². The molecule has 20 heavy (non-hydrogen) atoms. The molecule has 1 N–H and O–H groups in total. The van der Waals surface area contributed by atoms with Crippen LogP contribution in [0.3, 0.4) is 0 Å². The SMILES string of the molecule is CCCCCCCCCCCCSSC(C)(S)C(=O)O. The minimum absolute atomic E-state index is 0.860. The maximum absolute atomic E-state index is 10.8. The first-order chi connectivity index (χ1) is 9.50. The molecule has 0 heterocycles. The van der Waals surface area contributed by atoms with E-state index in [1.165, 1.54) is 75.0 Å². The summed E-state index contributed by atoms with van der Waals surface area (Å²) in [6.45, 7) is 3.89. The number of hydrogen-bond acceptors (Lipinski definition) is 4. The molecule has 0 aliphatic heterocycles. The second-order valence-corrected chi connectivity index (χ2v) is 9.41. The van der Waals surface area contributed by atoms with Gasteiger partial charge in [-0.2, -0.15) is 0 Å². The molecule has 0 aromatic rings. The van der Waals surface area contributed by atoms with Crippen molar-refractivity contribution in [2.45, 2.75) is 82.1 Å². The highest BCUT2D eigenvalue weighted by Gasteiger charge is 2.29. The van der Waals surface area contributed by atoms with Crippen LogP contribution in [0.5, 0.6) is 0 Å². The lowest BCUT2D eigenvalue weighted by molar-refractivity contribution is -0.136. The number of carboxylic acids is 1. The standard InChI is InChI=1S/C15H30O2S3/c1-3-4-5-6-7-8-9-10-11-12-13-19-20-15(2,18)14(16)17/h18H,3-13H2,1-2H3,(H,16,17). The Morgan fingerprint density at radius 2 is 1.45 bits per heavy atom. The normalized spacial score (nSPS) is 14.2. The summed E-state index contributed by atoms with van der Waals surface area (Å²) in [6, 6.07) is 0. The summed E-state index contributed by atoms with van der Waals surface area (Å²) in [4.78, 5) is 10.8. The number of thiol groups is 1. The largest absolute Gasteiger partial charge is 0.480 e. The first-order valence-electron chi connectivity index (χ1n) is 7.77. The Morgan fingerprint density at radius 3 is 1.90 bits per heavy atom. The van der Waals surface area contributed by atoms with E-state index in [1.807, 2.05) is 0 Å². The van der Waals surface area contributed by atoms with Crippen LogP contribution in [0.25, 0.3) is 0 Å². The summed E-state index contributed by atoms with van der Waals surface area (Å²) < 4.78 is -0.969. The average molecular weight is 339 g/mol. The third-order valence-corrected chi connectivity index (χ3v) is 6.96. The molecule has 0 saturated carbocycles. The summed E-state index contributed by atoms with van der Waals surface area (Å²) >= 11 is 4.13. The smallest absolute Gasteiger partial charge is 0.330 e. The Bertz CT molecular complexity index is 245. The number of carboxylic acid groups (broad SMARTS) is 1. The molecule has 120 valence electrons. The van der Waals surface area contributed by atoms with E-state index in [2.05, 4.69) is 19.6 Å². The molecule has 0 amide bonds. The number of hydrogen-bond donors (Lipinski definition) is 2. The summed E-state index contributed by atoms with van der Waals surface area (Å²) in [5.41, 5.74) is 0. The highest BCUT2D eigenvalue weighted by Crippen LogP contribution is 2.39. The molecule has 0 rings (SSSR count). The van der Waals surface area contributed by atoms with Gasteiger partial charge in [0, 0.05) is 5.75 Å². The van der Waals surface area contributed by atoms with Crippen LogP contribution in [0.1, 0.15) is 78.1 Å². The van der Waals surface area contributed by atoms with Gasteiger partial charge in [0.05, 0.1) is 0 Å². The summed E-state index contributed by atoms with van der Waals surface area (Å²) in [5, 5.41) is 8.91. The van der Waals surface area contributed by atoms with Gasteiger partial charge in [-0.3, -0.25) is 0 Å². The lowest BCUT2D eigenvalue weighted by Gasteiger charge is -2.15. The second kappa shape index (κ2) is 13.2. The molecule has 0 bridgehead atoms. The predicted octanol–water partition coefficient (Wildman–Crippen LogP) is 6.02. The van der Waals surface area contributed by atoms with Crippen molar-refractivity contribution in [1.82, 2.24) is 0 Å². The molecule has 0 aliphatic carbocycles. The molecule has 0 aromatic carbocycles. The van der Waals surface area contributed by atoms with Crippen LogP contribution >= 0.6 is 34.2 Å². The highest BCUT2D eigenvalue weighted by molar-refractivity contribution is 8.78. The van der Waals surface area contributed by atoms with E-state index in [0.29, 0.717) is 0 Å². The molecule has 0 spiro atoms. The maximum Gasteiger partial charge on any atom is 0.330 e. The van der Waals surface area contributed by atoms with Crippen molar-refractivity contribution in [3.8, 4) is 0 Å². The predicted molar refractivity (Wildman–Crippen MR) is 96.9 cm³/mol. The van der Waals surface area contributed by atoms with E-state index < -0.39 is 10.0 Å². The molecular formula is C15H30O2S3. The van der Waals surface area contributed by atoms with Gasteiger partial charge < -0.3 is 5.11 Å². The van der Waals surface area contributed by atoms with Crippen molar-refractivity contribution >= 4 is 40.2 Å². The summed E-state index contributed by atoms with van der Waals surface area (Å²) in [5.74, 6) is 0.159. The fraction of sp³-hybridized carbons (Fsp3) is 0.933. The Morgan fingerprint density at radius 1 is 1.00 bits per heavy atom. The van der Waals surface area contributed by atoms with Crippen LogP contribution in [0.2, 0.25) is 0 Å². The van der Waals surface area contributed by atoms with Crippen molar-refractivity contribution in [2.75, 3.05) is 5.75 Å². The first kappa shape index (κ1) is 20.5. The van der Waals surface area contributed by atoms with Gasteiger partial charge >= 0.3 is 5.97 Å². The monoisotopic (exact) mass is 338 g/mol. The molecule has 1 unspecified atom stereocenters. The zero-order valence-electron chi connectivity index (χ0n) is 12.9. The number of unbranched alkanes of at least 4 members (excludes halogenated alkanes) is 9. The van der Waals surface area contributed by atoms with E-state index in [-0.39, 0.29) is 0 Å². The maximum atomic E-state index is 10.8. The van der Waals surface area contributed by atoms with Crippen LogP contribution < -0.4 is 0 Å². The Balaban J connectivity index is 3.19. The van der Waals surface area contributed by atoms with E-state index in [1.54, 1.807) is 17.7 Å². The fourth-order valence-electron chi connectivity index (χ4n) is 1.84. The first-order valence-corrected chi connectivity index (χ1v) is 10.5. The van der Waals surface area contributed by atoms with Crippen molar-refractivity contribution in [3.05, 3.63) is 0 Å². The summed E-state index contributed by atoms with van der Waals surface area (Å²) in [7, 11) is 2.97. The third-order valence-electron chi connectivity index (χ3n) is 3.20. The van der Waals surface area contributed by atoms with Crippen LogP contribution in [0.4, 0.5) is 0 Å². The Hall–Kier alpha value is 0.520. The molecule has 1 atom stereocenters. The van der Waals surface area contributed by atoms with Crippen LogP contribution in [0.15, 0.2) is 0 Å². The van der Waals surface area contributed by atoms with Crippen LogP contribution in [0, 0.1) is 0 Å².